The molecular weight excluding hydrogens is 238 g/mol. The van der Waals surface area contributed by atoms with Crippen LogP contribution in [0.3, 0.4) is 0 Å². The van der Waals surface area contributed by atoms with E-state index in [0.717, 1.165) is 5.52 Å². The summed E-state index contributed by atoms with van der Waals surface area (Å²) >= 11 is 1.37. The number of hydrogen-bond donors (Lipinski definition) is 1. The Balaban J connectivity index is 1.90. The van der Waals surface area contributed by atoms with Gasteiger partial charge in [-0.3, -0.25) is 10.1 Å². The molecule has 0 fully saturated rings. The van der Waals surface area contributed by atoms with Crippen molar-refractivity contribution in [1.82, 2.24) is 9.97 Å². The molecule has 3 rings (SSSR count). The molecule has 0 saturated heterocycles. The number of benzene rings is 1. The summed E-state index contributed by atoms with van der Waals surface area (Å²) in [4.78, 5) is 19.8. The topological polar surface area (TPSA) is 68.0 Å². The first-order valence-electron chi connectivity index (χ1n) is 4.87. The van der Waals surface area contributed by atoms with Crippen molar-refractivity contribution in [3.8, 4) is 0 Å². The van der Waals surface area contributed by atoms with Crippen LogP contribution in [0.25, 0.3) is 11.1 Å². The van der Waals surface area contributed by atoms with Gasteiger partial charge in [0.15, 0.2) is 17.1 Å². The fourth-order valence-electron chi connectivity index (χ4n) is 1.45. The molecule has 0 aliphatic rings. The number of carbonyl (C=O) groups is 1. The predicted molar refractivity (Wildman–Crippen MR) is 64.1 cm³/mol. The molecule has 6 heteroatoms. The first kappa shape index (κ1) is 9.98. The standard InChI is InChI=1S/C11H7N3O2S/c15-10(14-11-12-3-4-17-11)7-1-2-8-9(5-7)16-6-13-8/h1-6H,(H,12,14,15). The zero-order chi connectivity index (χ0) is 11.7. The summed E-state index contributed by atoms with van der Waals surface area (Å²) in [7, 11) is 0. The lowest BCUT2D eigenvalue weighted by Crippen LogP contribution is -2.11. The fraction of sp³-hybridized carbons (Fsp3) is 0. The minimum absolute atomic E-state index is 0.210. The van der Waals surface area contributed by atoms with Crippen molar-refractivity contribution < 1.29 is 9.21 Å². The van der Waals surface area contributed by atoms with Crippen LogP contribution in [-0.2, 0) is 0 Å². The van der Waals surface area contributed by atoms with Crippen LogP contribution in [-0.4, -0.2) is 15.9 Å². The van der Waals surface area contributed by atoms with Crippen LogP contribution in [0.5, 0.6) is 0 Å². The summed E-state index contributed by atoms with van der Waals surface area (Å²) < 4.78 is 5.14. The maximum Gasteiger partial charge on any atom is 0.257 e. The van der Waals surface area contributed by atoms with Gasteiger partial charge in [0, 0.05) is 17.1 Å². The number of oxazole rings is 1. The number of nitrogens with one attached hydrogen (secondary N) is 1. The molecule has 0 spiro atoms. The van der Waals surface area contributed by atoms with Crippen LogP contribution in [0, 0.1) is 0 Å². The molecule has 17 heavy (non-hydrogen) atoms. The monoisotopic (exact) mass is 245 g/mol. The number of amides is 1. The van der Waals surface area contributed by atoms with Crippen molar-refractivity contribution in [2.24, 2.45) is 0 Å². The third-order valence-electron chi connectivity index (χ3n) is 2.25. The molecule has 1 N–H and O–H groups in total. The van der Waals surface area contributed by atoms with Crippen LogP contribution in [0.1, 0.15) is 10.4 Å². The fourth-order valence-corrected chi connectivity index (χ4v) is 1.97. The Hall–Kier alpha value is -2.21. The van der Waals surface area contributed by atoms with Gasteiger partial charge in [-0.15, -0.1) is 11.3 Å². The molecule has 0 aliphatic carbocycles. The third-order valence-corrected chi connectivity index (χ3v) is 2.93. The van der Waals surface area contributed by atoms with Crippen molar-refractivity contribution in [1.29, 1.82) is 0 Å². The Morgan fingerprint density at radius 1 is 1.35 bits per heavy atom. The minimum atomic E-state index is -0.210. The average molecular weight is 245 g/mol. The van der Waals surface area contributed by atoms with E-state index in [1.54, 1.807) is 29.8 Å². The molecule has 0 unspecified atom stereocenters. The maximum absolute atomic E-state index is 11.9. The number of fused-ring (bicyclic) bond motifs is 1. The quantitative estimate of drug-likeness (QED) is 0.753. The number of nitrogens with zero attached hydrogens (tertiary/aromatic N) is 2. The highest BCUT2D eigenvalue weighted by atomic mass is 32.1. The van der Waals surface area contributed by atoms with Gasteiger partial charge in [-0.1, -0.05) is 0 Å². The average Bonchev–Trinajstić information content (AvgIpc) is 2.97. The molecule has 1 amide bonds. The number of rotatable bonds is 2. The molecule has 0 aliphatic heterocycles. The van der Waals surface area contributed by atoms with E-state index < -0.39 is 0 Å². The lowest BCUT2D eigenvalue weighted by molar-refractivity contribution is 0.102. The van der Waals surface area contributed by atoms with Crippen LogP contribution in [0.2, 0.25) is 0 Å². The van der Waals surface area contributed by atoms with Gasteiger partial charge in [0.05, 0.1) is 0 Å². The summed E-state index contributed by atoms with van der Waals surface area (Å²) in [5.74, 6) is -0.210. The molecule has 0 radical (unpaired) electrons. The van der Waals surface area contributed by atoms with Gasteiger partial charge >= 0.3 is 0 Å². The molecule has 0 bridgehead atoms. The summed E-state index contributed by atoms with van der Waals surface area (Å²) in [6, 6.07) is 5.11. The van der Waals surface area contributed by atoms with E-state index in [1.165, 1.54) is 17.7 Å². The molecule has 2 aromatic heterocycles. The van der Waals surface area contributed by atoms with Gasteiger partial charge in [-0.2, -0.15) is 0 Å². The van der Waals surface area contributed by atoms with Gasteiger partial charge < -0.3 is 4.42 Å². The molecule has 5 nitrogen and oxygen atoms in total. The Morgan fingerprint density at radius 3 is 3.12 bits per heavy atom. The van der Waals surface area contributed by atoms with Crippen molar-refractivity contribution in [3.63, 3.8) is 0 Å². The number of anilines is 1. The van der Waals surface area contributed by atoms with Gasteiger partial charge in [0.2, 0.25) is 0 Å². The Morgan fingerprint density at radius 2 is 2.29 bits per heavy atom. The van der Waals surface area contributed by atoms with E-state index in [1.807, 2.05) is 0 Å². The number of hydrogen-bond acceptors (Lipinski definition) is 5. The third kappa shape index (κ3) is 1.90. The first-order chi connectivity index (χ1) is 8.33. The highest BCUT2D eigenvalue weighted by Gasteiger charge is 2.09. The van der Waals surface area contributed by atoms with Crippen LogP contribution in [0.4, 0.5) is 5.13 Å². The molecule has 84 valence electrons. The summed E-state index contributed by atoms with van der Waals surface area (Å²) in [5, 5.41) is 5.08. The van der Waals surface area contributed by atoms with Gasteiger partial charge in [-0.25, -0.2) is 9.97 Å². The van der Waals surface area contributed by atoms with Crippen molar-refractivity contribution >= 4 is 33.5 Å². The van der Waals surface area contributed by atoms with E-state index >= 15 is 0 Å². The highest BCUT2D eigenvalue weighted by Crippen LogP contribution is 2.16. The number of thiazole rings is 1. The van der Waals surface area contributed by atoms with E-state index in [2.05, 4.69) is 15.3 Å². The second kappa shape index (κ2) is 3.99. The van der Waals surface area contributed by atoms with Crippen molar-refractivity contribution in [2.75, 3.05) is 5.32 Å². The van der Waals surface area contributed by atoms with E-state index in [-0.39, 0.29) is 5.91 Å². The van der Waals surface area contributed by atoms with Crippen molar-refractivity contribution in [2.45, 2.75) is 0 Å². The summed E-state index contributed by atoms with van der Waals surface area (Å²) in [6.07, 6.45) is 2.99. The van der Waals surface area contributed by atoms with Crippen LogP contribution >= 0.6 is 11.3 Å². The van der Waals surface area contributed by atoms with Crippen LogP contribution < -0.4 is 5.32 Å². The second-order valence-corrected chi connectivity index (χ2v) is 4.22. The summed E-state index contributed by atoms with van der Waals surface area (Å²) in [6.45, 7) is 0. The first-order valence-corrected chi connectivity index (χ1v) is 5.75. The molecular formula is C11H7N3O2S. The largest absolute Gasteiger partial charge is 0.443 e. The van der Waals surface area contributed by atoms with E-state index in [9.17, 15) is 4.79 Å². The minimum Gasteiger partial charge on any atom is -0.443 e. The van der Waals surface area contributed by atoms with Gasteiger partial charge in [0.25, 0.3) is 5.91 Å². The van der Waals surface area contributed by atoms with Gasteiger partial charge in [-0.05, 0) is 18.2 Å². The summed E-state index contributed by atoms with van der Waals surface area (Å²) in [5.41, 5.74) is 1.84. The SMILES string of the molecule is O=C(Nc1nccs1)c1ccc2ncoc2c1. The Labute approximate surface area is 100 Å². The van der Waals surface area contributed by atoms with Crippen LogP contribution in [0.15, 0.2) is 40.6 Å². The normalized spacial score (nSPS) is 10.6. The predicted octanol–water partition coefficient (Wildman–Crippen LogP) is 2.54. The zero-order valence-corrected chi connectivity index (χ0v) is 9.40. The Bertz CT molecular complexity index is 660. The molecule has 1 aromatic carbocycles. The maximum atomic E-state index is 11.9. The molecule has 0 atom stereocenters. The zero-order valence-electron chi connectivity index (χ0n) is 8.58. The second-order valence-electron chi connectivity index (χ2n) is 3.33. The van der Waals surface area contributed by atoms with E-state index in [4.69, 9.17) is 4.42 Å². The molecule has 0 saturated carbocycles. The van der Waals surface area contributed by atoms with Crippen molar-refractivity contribution in [3.05, 3.63) is 41.7 Å². The smallest absolute Gasteiger partial charge is 0.257 e. The highest BCUT2D eigenvalue weighted by molar-refractivity contribution is 7.13. The molecule has 2 heterocycles. The lowest BCUT2D eigenvalue weighted by Gasteiger charge is -2.00. The molecule has 3 aromatic rings. The van der Waals surface area contributed by atoms with E-state index in [0.29, 0.717) is 16.3 Å². The number of aromatic nitrogens is 2. The van der Waals surface area contributed by atoms with Gasteiger partial charge in [0.1, 0.15) is 5.52 Å². The number of carbonyl (C=O) groups excluding carboxylic acids is 1. The lowest BCUT2D eigenvalue weighted by atomic mass is 10.2. The Kier molecular flexibility index (Phi) is 2.34.